The summed E-state index contributed by atoms with van der Waals surface area (Å²) in [5.41, 5.74) is 0.876. The number of aromatic nitrogens is 1. The average molecular weight is 176 g/mol. The van der Waals surface area contributed by atoms with Crippen LogP contribution in [0.5, 0.6) is 0 Å². The zero-order valence-electron chi connectivity index (χ0n) is 7.00. The minimum atomic E-state index is -0.592. The number of pyridine rings is 1. The Kier molecular flexibility index (Phi) is 2.08. The predicted octanol–water partition coefficient (Wildman–Crippen LogP) is 2.57. The molecular weight excluding hydrogens is 167 g/mol. The van der Waals surface area contributed by atoms with Gasteiger partial charge in [0.2, 0.25) is 0 Å². The van der Waals surface area contributed by atoms with Crippen LogP contribution in [0.25, 0.3) is 10.9 Å². The Bertz CT molecular complexity index is 414. The topological polar surface area (TPSA) is 24.9 Å². The van der Waals surface area contributed by atoms with Gasteiger partial charge < -0.3 is 5.32 Å². The first kappa shape index (κ1) is 7.98. The van der Waals surface area contributed by atoms with Crippen LogP contribution in [0.4, 0.5) is 10.2 Å². The smallest absolute Gasteiger partial charge is 0.160 e. The zero-order valence-corrected chi connectivity index (χ0v) is 7.00. The quantitative estimate of drug-likeness (QED) is 0.711. The minimum Gasteiger partial charge on any atom is -0.343 e. The van der Waals surface area contributed by atoms with Crippen molar-refractivity contribution < 1.29 is 4.39 Å². The standard InChI is InChI=1S/C10H9FN2/c11-7-12-10-6-5-8-3-1-2-4-9(8)13-10/h1-6H,7H2,(H,12,13). The molecule has 2 rings (SSSR count). The molecule has 0 radical (unpaired) electrons. The molecule has 0 bridgehead atoms. The Labute approximate surface area is 75.4 Å². The fraction of sp³-hybridized carbons (Fsp3) is 0.100. The molecule has 1 aromatic carbocycles. The Hall–Kier alpha value is -1.64. The van der Waals surface area contributed by atoms with Crippen LogP contribution in [-0.2, 0) is 0 Å². The van der Waals surface area contributed by atoms with E-state index in [1.807, 2.05) is 30.3 Å². The van der Waals surface area contributed by atoms with Gasteiger partial charge in [0.15, 0.2) is 6.80 Å². The summed E-state index contributed by atoms with van der Waals surface area (Å²) in [6.07, 6.45) is 0. The SMILES string of the molecule is FCNc1ccc2ccccc2n1. The number of benzene rings is 1. The van der Waals surface area contributed by atoms with E-state index < -0.39 is 6.80 Å². The van der Waals surface area contributed by atoms with E-state index in [0.717, 1.165) is 10.9 Å². The number of alkyl halides is 1. The van der Waals surface area contributed by atoms with Crippen LogP contribution in [0, 0.1) is 0 Å². The molecule has 0 saturated carbocycles. The van der Waals surface area contributed by atoms with Crippen LogP contribution in [0.3, 0.4) is 0 Å². The summed E-state index contributed by atoms with van der Waals surface area (Å²) in [7, 11) is 0. The molecule has 0 aliphatic rings. The van der Waals surface area contributed by atoms with Crippen molar-refractivity contribution in [3.8, 4) is 0 Å². The van der Waals surface area contributed by atoms with E-state index in [0.29, 0.717) is 5.82 Å². The van der Waals surface area contributed by atoms with E-state index in [4.69, 9.17) is 0 Å². The molecule has 66 valence electrons. The minimum absolute atomic E-state index is 0.571. The van der Waals surface area contributed by atoms with E-state index in [9.17, 15) is 4.39 Å². The van der Waals surface area contributed by atoms with E-state index in [2.05, 4.69) is 10.3 Å². The van der Waals surface area contributed by atoms with Crippen molar-refractivity contribution in [2.24, 2.45) is 0 Å². The van der Waals surface area contributed by atoms with Gasteiger partial charge in [-0.3, -0.25) is 0 Å². The predicted molar refractivity (Wildman–Crippen MR) is 51.3 cm³/mol. The fourth-order valence-electron chi connectivity index (χ4n) is 1.23. The molecule has 0 aliphatic carbocycles. The Balaban J connectivity index is 2.49. The number of halogens is 1. The second-order valence-corrected chi connectivity index (χ2v) is 2.70. The molecule has 1 aromatic heterocycles. The van der Waals surface area contributed by atoms with Crippen molar-refractivity contribution in [3.05, 3.63) is 36.4 Å². The highest BCUT2D eigenvalue weighted by atomic mass is 19.1. The van der Waals surface area contributed by atoms with Crippen molar-refractivity contribution in [2.75, 3.05) is 12.1 Å². The maximum absolute atomic E-state index is 11.9. The van der Waals surface area contributed by atoms with Gasteiger partial charge in [-0.2, -0.15) is 0 Å². The van der Waals surface area contributed by atoms with E-state index in [1.54, 1.807) is 6.07 Å². The van der Waals surface area contributed by atoms with Crippen molar-refractivity contribution >= 4 is 16.7 Å². The van der Waals surface area contributed by atoms with Crippen molar-refractivity contribution in [1.82, 2.24) is 4.98 Å². The highest BCUT2D eigenvalue weighted by molar-refractivity contribution is 5.79. The number of hydrogen-bond acceptors (Lipinski definition) is 2. The van der Waals surface area contributed by atoms with Gasteiger partial charge in [-0.05, 0) is 18.2 Å². The second-order valence-electron chi connectivity index (χ2n) is 2.70. The van der Waals surface area contributed by atoms with E-state index in [-0.39, 0.29) is 0 Å². The van der Waals surface area contributed by atoms with Gasteiger partial charge in [0.25, 0.3) is 0 Å². The first-order chi connectivity index (χ1) is 6.40. The number of rotatable bonds is 2. The Morgan fingerprint density at radius 3 is 2.85 bits per heavy atom. The van der Waals surface area contributed by atoms with Crippen LogP contribution in [0.15, 0.2) is 36.4 Å². The first-order valence-corrected chi connectivity index (χ1v) is 4.06. The lowest BCUT2D eigenvalue weighted by Crippen LogP contribution is -1.97. The van der Waals surface area contributed by atoms with Crippen LogP contribution in [-0.4, -0.2) is 11.8 Å². The summed E-state index contributed by atoms with van der Waals surface area (Å²) in [6.45, 7) is -0.592. The van der Waals surface area contributed by atoms with Gasteiger partial charge >= 0.3 is 0 Å². The fourth-order valence-corrected chi connectivity index (χ4v) is 1.23. The summed E-state index contributed by atoms with van der Waals surface area (Å²) in [5.74, 6) is 0.571. The number of hydrogen-bond donors (Lipinski definition) is 1. The van der Waals surface area contributed by atoms with Crippen molar-refractivity contribution in [2.45, 2.75) is 0 Å². The summed E-state index contributed by atoms with van der Waals surface area (Å²) in [6, 6.07) is 11.4. The zero-order chi connectivity index (χ0) is 9.10. The summed E-state index contributed by atoms with van der Waals surface area (Å²) in [4.78, 5) is 4.21. The molecule has 1 heterocycles. The Morgan fingerprint density at radius 2 is 2.00 bits per heavy atom. The van der Waals surface area contributed by atoms with E-state index in [1.165, 1.54) is 0 Å². The van der Waals surface area contributed by atoms with Gasteiger partial charge in [0.05, 0.1) is 5.52 Å². The normalized spacial score (nSPS) is 10.2. The molecule has 1 N–H and O–H groups in total. The molecular formula is C10H9FN2. The Morgan fingerprint density at radius 1 is 1.15 bits per heavy atom. The number of nitrogens with zero attached hydrogens (tertiary/aromatic N) is 1. The number of para-hydroxylation sites is 1. The third-order valence-electron chi connectivity index (χ3n) is 1.85. The first-order valence-electron chi connectivity index (χ1n) is 4.06. The molecule has 0 unspecified atom stereocenters. The molecule has 0 fully saturated rings. The molecule has 3 heteroatoms. The van der Waals surface area contributed by atoms with Gasteiger partial charge in [-0.25, -0.2) is 9.37 Å². The third kappa shape index (κ3) is 1.59. The van der Waals surface area contributed by atoms with Crippen molar-refractivity contribution in [3.63, 3.8) is 0 Å². The molecule has 0 saturated heterocycles. The average Bonchev–Trinajstić information content (AvgIpc) is 2.18. The molecule has 0 amide bonds. The monoisotopic (exact) mass is 176 g/mol. The largest absolute Gasteiger partial charge is 0.343 e. The van der Waals surface area contributed by atoms with Crippen molar-refractivity contribution in [1.29, 1.82) is 0 Å². The number of fused-ring (bicyclic) bond motifs is 1. The highest BCUT2D eigenvalue weighted by Gasteiger charge is 1.95. The molecule has 2 nitrogen and oxygen atoms in total. The lowest BCUT2D eigenvalue weighted by atomic mass is 10.2. The molecule has 0 spiro atoms. The molecule has 0 aliphatic heterocycles. The lowest BCUT2D eigenvalue weighted by molar-refractivity contribution is 0.535. The van der Waals surface area contributed by atoms with Gasteiger partial charge in [0, 0.05) is 5.39 Å². The number of nitrogens with one attached hydrogen (secondary N) is 1. The van der Waals surface area contributed by atoms with Gasteiger partial charge in [-0.15, -0.1) is 0 Å². The van der Waals surface area contributed by atoms with E-state index >= 15 is 0 Å². The highest BCUT2D eigenvalue weighted by Crippen LogP contribution is 2.13. The molecule has 2 aromatic rings. The van der Waals surface area contributed by atoms with Gasteiger partial charge in [-0.1, -0.05) is 18.2 Å². The maximum Gasteiger partial charge on any atom is 0.160 e. The molecule has 0 atom stereocenters. The second kappa shape index (κ2) is 3.39. The summed E-state index contributed by atoms with van der Waals surface area (Å²) < 4.78 is 11.9. The summed E-state index contributed by atoms with van der Waals surface area (Å²) in [5, 5.41) is 3.58. The van der Waals surface area contributed by atoms with Crippen LogP contribution in [0.2, 0.25) is 0 Å². The summed E-state index contributed by atoms with van der Waals surface area (Å²) >= 11 is 0. The maximum atomic E-state index is 11.9. The van der Waals surface area contributed by atoms with Gasteiger partial charge in [0.1, 0.15) is 5.82 Å². The van der Waals surface area contributed by atoms with Crippen LogP contribution >= 0.6 is 0 Å². The number of anilines is 1. The van der Waals surface area contributed by atoms with Crippen LogP contribution < -0.4 is 5.32 Å². The molecule has 13 heavy (non-hydrogen) atoms. The lowest BCUT2D eigenvalue weighted by Gasteiger charge is -2.01. The third-order valence-corrected chi connectivity index (χ3v) is 1.85. The van der Waals surface area contributed by atoms with Crippen LogP contribution in [0.1, 0.15) is 0 Å².